The van der Waals surface area contributed by atoms with Crippen LogP contribution in [0, 0.1) is 5.92 Å². The summed E-state index contributed by atoms with van der Waals surface area (Å²) in [5.41, 5.74) is 7.62. The van der Waals surface area contributed by atoms with Gasteiger partial charge in [0.1, 0.15) is 6.04 Å². The first-order chi connectivity index (χ1) is 13.7. The zero-order chi connectivity index (χ0) is 21.3. The van der Waals surface area contributed by atoms with Crippen LogP contribution in [0.4, 0.5) is 0 Å². The molecule has 0 saturated carbocycles. The van der Waals surface area contributed by atoms with E-state index in [1.807, 2.05) is 13.1 Å². The highest BCUT2D eigenvalue weighted by Gasteiger charge is 2.44. The number of fused-ring (bicyclic) bond motifs is 1. The number of imide groups is 2. The predicted octanol–water partition coefficient (Wildman–Crippen LogP) is 0.893. The summed E-state index contributed by atoms with van der Waals surface area (Å²) in [5.74, 6) is -1.53. The summed E-state index contributed by atoms with van der Waals surface area (Å²) in [5, 5.41) is 2.20. The summed E-state index contributed by atoms with van der Waals surface area (Å²) in [4.78, 5) is 52.2. The monoisotopic (exact) mass is 400 g/mol. The number of hydrogen-bond acceptors (Lipinski definition) is 6. The molecule has 0 bridgehead atoms. The van der Waals surface area contributed by atoms with Gasteiger partial charge in [-0.25, -0.2) is 0 Å². The number of hydrogen-bond donors (Lipinski definition) is 2. The normalized spacial score (nSPS) is 20.5. The number of nitrogens with one attached hydrogen (secondary N) is 1. The number of rotatable bonds is 7. The molecule has 8 heteroatoms. The van der Waals surface area contributed by atoms with Crippen molar-refractivity contribution in [1.82, 2.24) is 15.1 Å². The Balaban J connectivity index is 1.70. The molecule has 1 saturated heterocycles. The van der Waals surface area contributed by atoms with E-state index in [-0.39, 0.29) is 24.8 Å². The molecular weight excluding hydrogens is 372 g/mol. The molecule has 0 aromatic heterocycles. The highest BCUT2D eigenvalue weighted by Crippen LogP contribution is 2.28. The molecule has 0 spiro atoms. The highest BCUT2D eigenvalue weighted by molar-refractivity contribution is 6.23. The Morgan fingerprint density at radius 2 is 1.86 bits per heavy atom. The van der Waals surface area contributed by atoms with E-state index >= 15 is 0 Å². The molecule has 2 unspecified atom stereocenters. The quantitative estimate of drug-likeness (QED) is 0.658. The second-order valence-corrected chi connectivity index (χ2v) is 8.26. The Bertz CT molecular complexity index is 851. The van der Waals surface area contributed by atoms with Gasteiger partial charge in [0.15, 0.2) is 0 Å². The van der Waals surface area contributed by atoms with E-state index in [9.17, 15) is 19.2 Å². The van der Waals surface area contributed by atoms with Gasteiger partial charge >= 0.3 is 0 Å². The Kier molecular flexibility index (Phi) is 6.14. The largest absolute Gasteiger partial charge is 0.327 e. The molecular formula is C21H28N4O4. The maximum Gasteiger partial charge on any atom is 0.262 e. The van der Waals surface area contributed by atoms with Gasteiger partial charge in [0.25, 0.3) is 11.8 Å². The van der Waals surface area contributed by atoms with Crippen molar-refractivity contribution < 1.29 is 19.2 Å². The molecule has 156 valence electrons. The lowest BCUT2D eigenvalue weighted by Gasteiger charge is -2.27. The summed E-state index contributed by atoms with van der Waals surface area (Å²) in [6.45, 7) is 5.65. The summed E-state index contributed by atoms with van der Waals surface area (Å²) in [6, 6.07) is 4.39. The first-order valence-electron chi connectivity index (χ1n) is 9.97. The molecule has 0 radical (unpaired) electrons. The van der Waals surface area contributed by atoms with Crippen molar-refractivity contribution in [3.63, 3.8) is 0 Å². The third-order valence-corrected chi connectivity index (χ3v) is 5.66. The van der Waals surface area contributed by atoms with Crippen LogP contribution in [0.2, 0.25) is 0 Å². The van der Waals surface area contributed by atoms with Crippen molar-refractivity contribution in [3.8, 4) is 0 Å². The van der Waals surface area contributed by atoms with Gasteiger partial charge in [-0.2, -0.15) is 0 Å². The molecule has 3 rings (SSSR count). The van der Waals surface area contributed by atoms with Crippen molar-refractivity contribution in [2.75, 3.05) is 13.6 Å². The van der Waals surface area contributed by atoms with Crippen molar-refractivity contribution in [2.45, 2.75) is 51.7 Å². The number of benzene rings is 1. The first-order valence-corrected chi connectivity index (χ1v) is 9.97. The molecule has 2 aliphatic heterocycles. The number of carbonyl (C=O) groups is 4. The van der Waals surface area contributed by atoms with Crippen molar-refractivity contribution in [1.29, 1.82) is 0 Å². The Morgan fingerprint density at radius 1 is 1.17 bits per heavy atom. The zero-order valence-corrected chi connectivity index (χ0v) is 17.1. The number of piperidine rings is 1. The van der Waals surface area contributed by atoms with Crippen molar-refractivity contribution >= 4 is 23.6 Å². The minimum absolute atomic E-state index is 0.109. The van der Waals surface area contributed by atoms with Crippen LogP contribution < -0.4 is 11.1 Å². The Hall–Kier alpha value is -2.58. The fraction of sp³-hybridized carbons (Fsp3) is 0.524. The van der Waals surface area contributed by atoms with Gasteiger partial charge in [-0.1, -0.05) is 19.9 Å². The third kappa shape index (κ3) is 4.38. The molecule has 2 atom stereocenters. The van der Waals surface area contributed by atoms with Crippen molar-refractivity contribution in [2.24, 2.45) is 11.7 Å². The van der Waals surface area contributed by atoms with Crippen LogP contribution in [0.25, 0.3) is 0 Å². The maximum absolute atomic E-state index is 12.9. The highest BCUT2D eigenvalue weighted by atomic mass is 16.2. The first kappa shape index (κ1) is 21.1. The fourth-order valence-electron chi connectivity index (χ4n) is 3.71. The number of amides is 4. The molecule has 1 fully saturated rings. The van der Waals surface area contributed by atoms with Gasteiger partial charge in [0, 0.05) is 19.0 Å². The average molecular weight is 400 g/mol. The van der Waals surface area contributed by atoms with Crippen LogP contribution >= 0.6 is 0 Å². The SMILES string of the molecule is CC(C)C(N)CCN(C)Cc1ccc2c(c1)C(=O)N(C1CCC(=O)NC1=O)C2=O. The van der Waals surface area contributed by atoms with Crippen LogP contribution in [0.3, 0.4) is 0 Å². The zero-order valence-electron chi connectivity index (χ0n) is 17.1. The summed E-state index contributed by atoms with van der Waals surface area (Å²) in [6.07, 6.45) is 1.14. The molecule has 4 amide bonds. The number of nitrogens with two attached hydrogens (primary N) is 1. The van der Waals surface area contributed by atoms with Gasteiger partial charge in [-0.15, -0.1) is 0 Å². The smallest absolute Gasteiger partial charge is 0.262 e. The van der Waals surface area contributed by atoms with Gasteiger partial charge in [-0.3, -0.25) is 29.4 Å². The molecule has 29 heavy (non-hydrogen) atoms. The van der Waals surface area contributed by atoms with Crippen LogP contribution in [0.15, 0.2) is 18.2 Å². The Labute approximate surface area is 170 Å². The van der Waals surface area contributed by atoms with E-state index < -0.39 is 23.8 Å². The predicted molar refractivity (Wildman–Crippen MR) is 107 cm³/mol. The van der Waals surface area contributed by atoms with E-state index in [4.69, 9.17) is 5.73 Å². The third-order valence-electron chi connectivity index (χ3n) is 5.66. The molecule has 8 nitrogen and oxygen atoms in total. The fourth-order valence-corrected chi connectivity index (χ4v) is 3.71. The molecule has 2 heterocycles. The van der Waals surface area contributed by atoms with Crippen LogP contribution in [-0.2, 0) is 16.1 Å². The summed E-state index contributed by atoms with van der Waals surface area (Å²) >= 11 is 0. The van der Waals surface area contributed by atoms with Gasteiger partial charge < -0.3 is 10.6 Å². The molecule has 0 aliphatic carbocycles. The van der Waals surface area contributed by atoms with E-state index in [0.29, 0.717) is 23.6 Å². The van der Waals surface area contributed by atoms with Crippen LogP contribution in [0.5, 0.6) is 0 Å². The maximum atomic E-state index is 12.9. The second-order valence-electron chi connectivity index (χ2n) is 8.26. The van der Waals surface area contributed by atoms with E-state index in [0.717, 1.165) is 23.4 Å². The van der Waals surface area contributed by atoms with Crippen LogP contribution in [0.1, 0.15) is 59.4 Å². The van der Waals surface area contributed by atoms with Crippen molar-refractivity contribution in [3.05, 3.63) is 34.9 Å². The second kappa shape index (κ2) is 8.42. The van der Waals surface area contributed by atoms with E-state index in [1.165, 1.54) is 0 Å². The molecule has 2 aliphatic rings. The summed E-state index contributed by atoms with van der Waals surface area (Å²) < 4.78 is 0. The summed E-state index contributed by atoms with van der Waals surface area (Å²) in [7, 11) is 1.99. The topological polar surface area (TPSA) is 113 Å². The van der Waals surface area contributed by atoms with Gasteiger partial charge in [0.05, 0.1) is 11.1 Å². The molecule has 1 aromatic carbocycles. The molecule has 3 N–H and O–H groups in total. The molecule has 1 aromatic rings. The average Bonchev–Trinajstić information content (AvgIpc) is 2.90. The van der Waals surface area contributed by atoms with E-state index in [2.05, 4.69) is 24.1 Å². The minimum atomic E-state index is -0.941. The number of nitrogens with zero attached hydrogens (tertiary/aromatic N) is 2. The standard InChI is InChI=1S/C21H28N4O4/c1-12(2)16(22)8-9-24(3)11-13-4-5-14-15(10-13)21(29)25(20(14)28)17-6-7-18(26)23-19(17)27/h4-5,10,12,16-17H,6-9,11,22H2,1-3H3,(H,23,26,27). The lowest BCUT2D eigenvalue weighted by atomic mass is 10.0. The van der Waals surface area contributed by atoms with E-state index in [1.54, 1.807) is 12.1 Å². The van der Waals surface area contributed by atoms with Crippen LogP contribution in [-0.4, -0.2) is 59.1 Å². The lowest BCUT2D eigenvalue weighted by molar-refractivity contribution is -0.136. The number of carbonyl (C=O) groups excluding carboxylic acids is 4. The van der Waals surface area contributed by atoms with Gasteiger partial charge in [0.2, 0.25) is 11.8 Å². The van der Waals surface area contributed by atoms with Gasteiger partial charge in [-0.05, 0) is 50.0 Å². The lowest BCUT2D eigenvalue weighted by Crippen LogP contribution is -2.54. The minimum Gasteiger partial charge on any atom is -0.327 e. The Morgan fingerprint density at radius 3 is 2.52 bits per heavy atom.